The van der Waals surface area contributed by atoms with Gasteiger partial charge in [-0.2, -0.15) is 0 Å². The van der Waals surface area contributed by atoms with Crippen LogP contribution in [0.5, 0.6) is 0 Å². The number of carbonyl (C=O) groups is 6. The molecule has 0 aromatic heterocycles. The SMILES string of the molecule is C=C1C(C(=O)NC(CC2CC2)C(=O)C(N)=O)N(C(=O)C(NC(=O)N[C@H](COC(=O)NC(C)C)C(C)(C)C)C2Cc3ccccc3C2)C[C@@H]1C. The number of ether oxygens (including phenoxy) is 1. The number of fused-ring (bicyclic) bond motifs is 1. The molecule has 49 heavy (non-hydrogen) atoms. The van der Waals surface area contributed by atoms with Gasteiger partial charge in [0.15, 0.2) is 0 Å². The Labute approximate surface area is 288 Å². The van der Waals surface area contributed by atoms with Crippen molar-refractivity contribution in [1.29, 1.82) is 0 Å². The molecule has 0 spiro atoms. The highest BCUT2D eigenvalue weighted by Gasteiger charge is 2.47. The molecule has 268 valence electrons. The van der Waals surface area contributed by atoms with Gasteiger partial charge in [0, 0.05) is 12.6 Å². The number of nitrogens with zero attached hydrogens (tertiary/aromatic N) is 1. The number of likely N-dealkylation sites (tertiary alicyclic amines) is 1. The normalized spacial score (nSPS) is 21.0. The average molecular weight is 681 g/mol. The zero-order valence-electron chi connectivity index (χ0n) is 29.5. The molecule has 4 rings (SSSR count). The van der Waals surface area contributed by atoms with E-state index < -0.39 is 65.2 Å². The third-order valence-electron chi connectivity index (χ3n) is 9.68. The van der Waals surface area contributed by atoms with Gasteiger partial charge in [-0.25, -0.2) is 9.59 Å². The van der Waals surface area contributed by atoms with Crippen LogP contribution >= 0.6 is 0 Å². The molecule has 1 aromatic carbocycles. The van der Waals surface area contributed by atoms with Gasteiger partial charge in [-0.3, -0.25) is 19.2 Å². The molecule has 3 aliphatic rings. The smallest absolute Gasteiger partial charge is 0.407 e. The Morgan fingerprint density at radius 2 is 1.59 bits per heavy atom. The molecule has 0 radical (unpaired) electrons. The minimum absolute atomic E-state index is 0.0965. The van der Waals surface area contributed by atoms with Crippen molar-refractivity contribution >= 4 is 35.6 Å². The van der Waals surface area contributed by atoms with E-state index in [1.54, 1.807) is 0 Å². The van der Waals surface area contributed by atoms with Crippen molar-refractivity contribution in [1.82, 2.24) is 26.2 Å². The molecule has 1 heterocycles. The number of nitrogens with two attached hydrogens (primary N) is 1. The highest BCUT2D eigenvalue weighted by atomic mass is 16.5. The molecule has 1 aliphatic heterocycles. The lowest BCUT2D eigenvalue weighted by molar-refractivity contribution is -0.142. The van der Waals surface area contributed by atoms with Crippen LogP contribution in [-0.2, 0) is 36.8 Å². The predicted molar refractivity (Wildman–Crippen MR) is 183 cm³/mol. The molecular weight excluding hydrogens is 628 g/mol. The summed E-state index contributed by atoms with van der Waals surface area (Å²) in [4.78, 5) is 80.2. The molecule has 2 aliphatic carbocycles. The highest BCUT2D eigenvalue weighted by molar-refractivity contribution is 6.37. The van der Waals surface area contributed by atoms with Gasteiger partial charge in [0.05, 0.1) is 12.1 Å². The first-order valence-corrected chi connectivity index (χ1v) is 17.2. The van der Waals surface area contributed by atoms with Gasteiger partial charge in [-0.05, 0) is 73.0 Å². The van der Waals surface area contributed by atoms with Crippen molar-refractivity contribution in [3.05, 3.63) is 47.5 Å². The molecule has 13 heteroatoms. The minimum atomic E-state index is -1.13. The first-order chi connectivity index (χ1) is 23.0. The number of hydrogen-bond acceptors (Lipinski definition) is 7. The Balaban J connectivity index is 1.57. The molecule has 2 fully saturated rings. The molecule has 0 bridgehead atoms. The second-order valence-corrected chi connectivity index (χ2v) is 15.2. The monoisotopic (exact) mass is 680 g/mol. The maximum atomic E-state index is 14.6. The molecule has 1 saturated carbocycles. The molecule has 1 aromatic rings. The molecular formula is C36H52N6O7. The van der Waals surface area contributed by atoms with Crippen molar-refractivity contribution in [3.63, 3.8) is 0 Å². The minimum Gasteiger partial charge on any atom is -0.447 e. The van der Waals surface area contributed by atoms with E-state index in [1.807, 2.05) is 65.8 Å². The van der Waals surface area contributed by atoms with Gasteiger partial charge in [0.2, 0.25) is 17.6 Å². The summed E-state index contributed by atoms with van der Waals surface area (Å²) < 4.78 is 5.40. The van der Waals surface area contributed by atoms with Crippen LogP contribution in [-0.4, -0.2) is 83.9 Å². The predicted octanol–water partition coefficient (Wildman–Crippen LogP) is 2.36. The number of carbonyl (C=O) groups excluding carboxylic acids is 6. The van der Waals surface area contributed by atoms with E-state index in [0.29, 0.717) is 24.8 Å². The summed E-state index contributed by atoms with van der Waals surface area (Å²) in [6.07, 6.45) is 2.54. The van der Waals surface area contributed by atoms with Gasteiger partial charge >= 0.3 is 12.1 Å². The summed E-state index contributed by atoms with van der Waals surface area (Å²) in [6.45, 7) is 15.4. The Bertz CT molecular complexity index is 1440. The van der Waals surface area contributed by atoms with Crippen LogP contribution in [0.25, 0.3) is 0 Å². The van der Waals surface area contributed by atoms with Crippen molar-refractivity contribution in [2.45, 2.75) is 104 Å². The van der Waals surface area contributed by atoms with Crippen LogP contribution in [0.1, 0.15) is 71.9 Å². The number of primary amides is 1. The molecule has 1 saturated heterocycles. The number of rotatable bonds is 13. The fourth-order valence-electron chi connectivity index (χ4n) is 6.53. The number of ketones is 1. The fourth-order valence-corrected chi connectivity index (χ4v) is 6.53. The molecule has 6 amide bonds. The van der Waals surface area contributed by atoms with Crippen LogP contribution in [0.15, 0.2) is 36.4 Å². The number of amides is 6. The zero-order chi connectivity index (χ0) is 36.2. The maximum Gasteiger partial charge on any atom is 0.407 e. The Morgan fingerprint density at radius 3 is 2.12 bits per heavy atom. The lowest BCUT2D eigenvalue weighted by Gasteiger charge is -2.34. The first kappa shape index (κ1) is 37.4. The van der Waals surface area contributed by atoms with Crippen LogP contribution in [0, 0.1) is 23.2 Å². The molecule has 13 nitrogen and oxygen atoms in total. The van der Waals surface area contributed by atoms with Crippen molar-refractivity contribution in [2.75, 3.05) is 13.2 Å². The van der Waals surface area contributed by atoms with Crippen LogP contribution in [0.4, 0.5) is 9.59 Å². The Hall–Kier alpha value is -4.42. The Kier molecular flexibility index (Phi) is 11.8. The van der Waals surface area contributed by atoms with E-state index >= 15 is 0 Å². The van der Waals surface area contributed by atoms with E-state index in [1.165, 1.54) is 4.90 Å². The van der Waals surface area contributed by atoms with Crippen LogP contribution in [0.2, 0.25) is 0 Å². The number of hydrogen-bond donors (Lipinski definition) is 5. The van der Waals surface area contributed by atoms with Crippen molar-refractivity contribution < 1.29 is 33.5 Å². The Morgan fingerprint density at radius 1 is 0.980 bits per heavy atom. The fraction of sp³-hybridized carbons (Fsp3) is 0.611. The van der Waals surface area contributed by atoms with Gasteiger partial charge in [-0.1, -0.05) is 71.4 Å². The summed E-state index contributed by atoms with van der Waals surface area (Å²) in [7, 11) is 0. The maximum absolute atomic E-state index is 14.6. The topological polar surface area (TPSA) is 189 Å². The van der Waals surface area contributed by atoms with Gasteiger partial charge < -0.3 is 36.6 Å². The van der Waals surface area contributed by atoms with E-state index in [-0.39, 0.29) is 36.9 Å². The van der Waals surface area contributed by atoms with Gasteiger partial charge in [0.1, 0.15) is 18.7 Å². The summed E-state index contributed by atoms with van der Waals surface area (Å²) in [5, 5.41) is 11.2. The van der Waals surface area contributed by atoms with E-state index in [4.69, 9.17) is 10.5 Å². The number of alkyl carbamates (subject to hydrolysis) is 1. The van der Waals surface area contributed by atoms with E-state index in [0.717, 1.165) is 24.0 Å². The summed E-state index contributed by atoms with van der Waals surface area (Å²) >= 11 is 0. The van der Waals surface area contributed by atoms with Crippen LogP contribution < -0.4 is 27.0 Å². The number of benzene rings is 1. The second kappa shape index (κ2) is 15.4. The van der Waals surface area contributed by atoms with Gasteiger partial charge in [-0.15, -0.1) is 0 Å². The average Bonchev–Trinajstić information content (AvgIpc) is 3.64. The molecule has 6 N–H and O–H groups in total. The third kappa shape index (κ3) is 9.60. The van der Waals surface area contributed by atoms with E-state index in [9.17, 15) is 28.8 Å². The highest BCUT2D eigenvalue weighted by Crippen LogP contribution is 2.35. The molecule has 5 atom stereocenters. The number of nitrogens with one attached hydrogen (secondary N) is 4. The third-order valence-corrected chi connectivity index (χ3v) is 9.68. The van der Waals surface area contributed by atoms with Crippen LogP contribution in [0.3, 0.4) is 0 Å². The van der Waals surface area contributed by atoms with Crippen molar-refractivity contribution in [2.24, 2.45) is 28.9 Å². The quantitative estimate of drug-likeness (QED) is 0.156. The second-order valence-electron chi connectivity index (χ2n) is 15.2. The van der Waals surface area contributed by atoms with Gasteiger partial charge in [0.25, 0.3) is 5.91 Å². The first-order valence-electron chi connectivity index (χ1n) is 17.2. The lowest BCUT2D eigenvalue weighted by atomic mass is 9.87. The standard InChI is InChI=1S/C36H52N6O7/c1-19(2)38-35(48)49-18-27(36(5,6)7)40-34(47)41-28(25-15-23-10-8-9-11-24(23)16-25)33(46)42-17-20(3)21(4)29(42)32(45)39-26(14-22-12-13-22)30(43)31(37)44/h8-11,19-20,22,25-29H,4,12-18H2,1-3,5-7H3,(H2,37,44)(H,38,48)(H,39,45)(H2,40,41,47)/t20-,26?,27+,28?,29?/m0/s1. The number of urea groups is 1. The molecule has 3 unspecified atom stereocenters. The number of Topliss-reactive ketones (excluding diaryl/α,β-unsaturated/α-hetero) is 1. The lowest BCUT2D eigenvalue weighted by Crippen LogP contribution is -2.60. The zero-order valence-corrected chi connectivity index (χ0v) is 29.5. The largest absolute Gasteiger partial charge is 0.447 e. The van der Waals surface area contributed by atoms with Crippen molar-refractivity contribution in [3.8, 4) is 0 Å². The summed E-state index contributed by atoms with van der Waals surface area (Å²) in [5.41, 5.74) is 7.43. The van der Waals surface area contributed by atoms with E-state index in [2.05, 4.69) is 27.8 Å². The summed E-state index contributed by atoms with van der Waals surface area (Å²) in [5.74, 6) is -3.45. The summed E-state index contributed by atoms with van der Waals surface area (Å²) in [6, 6.07) is 3.28.